The van der Waals surface area contributed by atoms with Gasteiger partial charge in [-0.1, -0.05) is 6.42 Å². The highest BCUT2D eigenvalue weighted by Crippen LogP contribution is 2.31. The lowest BCUT2D eigenvalue weighted by Crippen LogP contribution is -2.29. The summed E-state index contributed by atoms with van der Waals surface area (Å²) in [6.45, 7) is 0.581. The topological polar surface area (TPSA) is 94.0 Å². The number of rotatable bonds is 3. The van der Waals surface area contributed by atoms with Crippen molar-refractivity contribution in [1.82, 2.24) is 4.98 Å². The summed E-state index contributed by atoms with van der Waals surface area (Å²) >= 11 is 0. The molecule has 0 radical (unpaired) electrons. The van der Waals surface area contributed by atoms with E-state index in [0.29, 0.717) is 24.0 Å². The molecular formula is C12H18N4O. The van der Waals surface area contributed by atoms with E-state index >= 15 is 0 Å². The number of nitrogens with one attached hydrogen (secondary N) is 1. The third kappa shape index (κ3) is 2.74. The van der Waals surface area contributed by atoms with Crippen LogP contribution in [-0.2, 0) is 4.79 Å². The Morgan fingerprint density at radius 3 is 2.94 bits per heavy atom. The van der Waals surface area contributed by atoms with Crippen LogP contribution >= 0.6 is 0 Å². The Balaban J connectivity index is 1.99. The lowest BCUT2D eigenvalue weighted by Gasteiger charge is -2.17. The normalized spacial score (nSPS) is 23.6. The van der Waals surface area contributed by atoms with E-state index in [1.165, 1.54) is 0 Å². The van der Waals surface area contributed by atoms with Gasteiger partial charge in [-0.15, -0.1) is 0 Å². The summed E-state index contributed by atoms with van der Waals surface area (Å²) in [6.07, 6.45) is 4.63. The van der Waals surface area contributed by atoms with Gasteiger partial charge in [-0.3, -0.25) is 4.79 Å². The van der Waals surface area contributed by atoms with Crippen molar-refractivity contribution < 1.29 is 4.79 Å². The first-order valence-corrected chi connectivity index (χ1v) is 5.93. The maximum absolute atomic E-state index is 12.0. The van der Waals surface area contributed by atoms with Crippen molar-refractivity contribution in [3.8, 4) is 0 Å². The molecular weight excluding hydrogens is 216 g/mol. The van der Waals surface area contributed by atoms with E-state index < -0.39 is 0 Å². The Morgan fingerprint density at radius 1 is 1.47 bits per heavy atom. The van der Waals surface area contributed by atoms with Crippen molar-refractivity contribution in [2.75, 3.05) is 17.6 Å². The monoisotopic (exact) mass is 234 g/mol. The Morgan fingerprint density at radius 2 is 2.29 bits per heavy atom. The number of hydrogen-bond donors (Lipinski definition) is 3. The predicted octanol–water partition coefficient (Wildman–Crippen LogP) is 0.977. The van der Waals surface area contributed by atoms with Crippen molar-refractivity contribution in [2.45, 2.75) is 19.3 Å². The van der Waals surface area contributed by atoms with Crippen LogP contribution in [0.5, 0.6) is 0 Å². The maximum atomic E-state index is 12.0. The van der Waals surface area contributed by atoms with Crippen LogP contribution in [0.4, 0.5) is 11.5 Å². The van der Waals surface area contributed by atoms with Crippen LogP contribution in [0, 0.1) is 11.8 Å². The third-order valence-electron chi connectivity index (χ3n) is 3.35. The highest BCUT2D eigenvalue weighted by molar-refractivity contribution is 5.92. The van der Waals surface area contributed by atoms with Crippen LogP contribution in [0.1, 0.15) is 19.3 Å². The minimum Gasteiger partial charge on any atom is -0.384 e. The first-order chi connectivity index (χ1) is 8.20. The van der Waals surface area contributed by atoms with Gasteiger partial charge in [0.1, 0.15) is 5.82 Å². The van der Waals surface area contributed by atoms with Crippen molar-refractivity contribution >= 4 is 17.4 Å². The second-order valence-electron chi connectivity index (χ2n) is 4.49. The molecule has 0 saturated heterocycles. The molecule has 92 valence electrons. The van der Waals surface area contributed by atoms with Crippen molar-refractivity contribution in [2.24, 2.45) is 17.6 Å². The van der Waals surface area contributed by atoms with Crippen LogP contribution in [0.2, 0.25) is 0 Å². The van der Waals surface area contributed by atoms with E-state index in [0.717, 1.165) is 19.3 Å². The molecule has 0 unspecified atom stereocenters. The Kier molecular flexibility index (Phi) is 3.58. The van der Waals surface area contributed by atoms with Gasteiger partial charge in [0.05, 0.1) is 11.9 Å². The molecule has 0 aromatic carbocycles. The molecule has 1 heterocycles. The van der Waals surface area contributed by atoms with E-state index in [9.17, 15) is 4.79 Å². The van der Waals surface area contributed by atoms with Gasteiger partial charge in [-0.05, 0) is 37.4 Å². The molecule has 1 fully saturated rings. The average Bonchev–Trinajstić information content (AvgIpc) is 2.80. The molecule has 17 heavy (non-hydrogen) atoms. The first kappa shape index (κ1) is 11.9. The first-order valence-electron chi connectivity index (χ1n) is 5.93. The smallest absolute Gasteiger partial charge is 0.227 e. The third-order valence-corrected chi connectivity index (χ3v) is 3.35. The quantitative estimate of drug-likeness (QED) is 0.726. The van der Waals surface area contributed by atoms with Gasteiger partial charge in [0, 0.05) is 5.92 Å². The molecule has 0 spiro atoms. The molecule has 0 aliphatic heterocycles. The summed E-state index contributed by atoms with van der Waals surface area (Å²) in [5.74, 6) is 0.850. The van der Waals surface area contributed by atoms with E-state index in [1.54, 1.807) is 18.3 Å². The number of anilines is 2. The Hall–Kier alpha value is -1.62. The lowest BCUT2D eigenvalue weighted by molar-refractivity contribution is -0.120. The van der Waals surface area contributed by atoms with Crippen molar-refractivity contribution in [1.29, 1.82) is 0 Å². The van der Waals surface area contributed by atoms with Gasteiger partial charge in [0.15, 0.2) is 0 Å². The van der Waals surface area contributed by atoms with Crippen LogP contribution < -0.4 is 16.8 Å². The molecule has 1 amide bonds. The SMILES string of the molecule is NC[C@H]1CCC[C@H]1C(=O)Nc1ccc(N)nc1. The molecule has 1 aliphatic carbocycles. The molecule has 1 aromatic rings. The number of aromatic nitrogens is 1. The highest BCUT2D eigenvalue weighted by atomic mass is 16.1. The zero-order valence-electron chi connectivity index (χ0n) is 9.73. The van der Waals surface area contributed by atoms with Crippen LogP contribution in [0.15, 0.2) is 18.3 Å². The number of nitrogens with zero attached hydrogens (tertiary/aromatic N) is 1. The molecule has 2 rings (SSSR count). The Labute approximate surface area is 101 Å². The van der Waals surface area contributed by atoms with Gasteiger partial charge >= 0.3 is 0 Å². The average molecular weight is 234 g/mol. The van der Waals surface area contributed by atoms with E-state index in [1.807, 2.05) is 0 Å². The van der Waals surface area contributed by atoms with E-state index in [4.69, 9.17) is 11.5 Å². The molecule has 1 aliphatic rings. The maximum Gasteiger partial charge on any atom is 0.227 e. The minimum atomic E-state index is 0.0394. The predicted molar refractivity (Wildman–Crippen MR) is 67.2 cm³/mol. The standard InChI is InChI=1S/C12H18N4O/c13-6-8-2-1-3-10(8)12(17)16-9-4-5-11(14)15-7-9/h4-5,7-8,10H,1-3,6,13H2,(H2,14,15)(H,16,17)/t8-,10-/m1/s1. The molecule has 5 nitrogen and oxygen atoms in total. The molecule has 5 heteroatoms. The molecule has 0 bridgehead atoms. The summed E-state index contributed by atoms with van der Waals surface area (Å²) in [5, 5.41) is 2.86. The number of pyridine rings is 1. The zero-order chi connectivity index (χ0) is 12.3. The summed E-state index contributed by atoms with van der Waals surface area (Å²) in [6, 6.07) is 3.43. The highest BCUT2D eigenvalue weighted by Gasteiger charge is 2.31. The number of nitrogen functional groups attached to an aromatic ring is 1. The summed E-state index contributed by atoms with van der Waals surface area (Å²) in [5.41, 5.74) is 11.8. The fraction of sp³-hybridized carbons (Fsp3) is 0.500. The summed E-state index contributed by atoms with van der Waals surface area (Å²) in [7, 11) is 0. The van der Waals surface area contributed by atoms with Crippen molar-refractivity contribution in [3.05, 3.63) is 18.3 Å². The van der Waals surface area contributed by atoms with Gasteiger partial charge in [-0.25, -0.2) is 4.98 Å². The minimum absolute atomic E-state index is 0.0394. The zero-order valence-corrected chi connectivity index (χ0v) is 9.73. The molecule has 5 N–H and O–H groups in total. The molecule has 2 atom stereocenters. The van der Waals surface area contributed by atoms with E-state index in [-0.39, 0.29) is 11.8 Å². The number of hydrogen-bond acceptors (Lipinski definition) is 4. The van der Waals surface area contributed by atoms with E-state index in [2.05, 4.69) is 10.3 Å². The number of nitrogens with two attached hydrogens (primary N) is 2. The van der Waals surface area contributed by atoms with Crippen LogP contribution in [-0.4, -0.2) is 17.4 Å². The van der Waals surface area contributed by atoms with Crippen LogP contribution in [0.3, 0.4) is 0 Å². The molecule has 1 aromatic heterocycles. The Bertz CT molecular complexity index is 390. The van der Waals surface area contributed by atoms with Crippen LogP contribution in [0.25, 0.3) is 0 Å². The van der Waals surface area contributed by atoms with Crippen molar-refractivity contribution in [3.63, 3.8) is 0 Å². The number of amides is 1. The second-order valence-corrected chi connectivity index (χ2v) is 4.49. The largest absolute Gasteiger partial charge is 0.384 e. The summed E-state index contributed by atoms with van der Waals surface area (Å²) < 4.78 is 0. The van der Waals surface area contributed by atoms with Gasteiger partial charge in [-0.2, -0.15) is 0 Å². The molecule has 1 saturated carbocycles. The number of carbonyl (C=O) groups is 1. The fourth-order valence-corrected chi connectivity index (χ4v) is 2.38. The van der Waals surface area contributed by atoms with Gasteiger partial charge in [0.2, 0.25) is 5.91 Å². The van der Waals surface area contributed by atoms with Gasteiger partial charge in [0.25, 0.3) is 0 Å². The second kappa shape index (κ2) is 5.14. The summed E-state index contributed by atoms with van der Waals surface area (Å²) in [4.78, 5) is 16.0. The van der Waals surface area contributed by atoms with Gasteiger partial charge < -0.3 is 16.8 Å². The lowest BCUT2D eigenvalue weighted by atomic mass is 9.95. The fourth-order valence-electron chi connectivity index (χ4n) is 2.38. The number of carbonyl (C=O) groups excluding carboxylic acids is 1.